The van der Waals surface area contributed by atoms with Crippen LogP contribution in [0, 0.1) is 5.92 Å². The number of hydrogen-bond acceptors (Lipinski definition) is 3. The van der Waals surface area contributed by atoms with E-state index in [1.165, 1.54) is 0 Å². The van der Waals surface area contributed by atoms with E-state index in [0.717, 1.165) is 0 Å². The van der Waals surface area contributed by atoms with E-state index in [0.29, 0.717) is 35.9 Å². The number of aryl methyl sites for hydroxylation is 1. The predicted octanol–water partition coefficient (Wildman–Crippen LogP) is 3.99. The highest BCUT2D eigenvalue weighted by atomic mass is 16.5. The van der Waals surface area contributed by atoms with Crippen molar-refractivity contribution in [3.05, 3.63) is 59.7 Å². The van der Waals surface area contributed by atoms with E-state index >= 15 is 0 Å². The molecule has 0 aliphatic heterocycles. The van der Waals surface area contributed by atoms with E-state index in [9.17, 15) is 14.7 Å². The topological polar surface area (TPSA) is 75.6 Å². The number of nitrogens with one attached hydrogen (secondary N) is 1. The first-order valence-electron chi connectivity index (χ1n) is 8.30. The number of rotatable bonds is 8. The summed E-state index contributed by atoms with van der Waals surface area (Å²) in [5.41, 5.74) is 1.50. The van der Waals surface area contributed by atoms with E-state index in [4.69, 9.17) is 4.74 Å². The Labute approximate surface area is 147 Å². The fourth-order valence-electron chi connectivity index (χ4n) is 2.36. The van der Waals surface area contributed by atoms with Crippen molar-refractivity contribution in [2.45, 2.75) is 26.7 Å². The number of carbonyl (C=O) groups excluding carboxylic acids is 1. The van der Waals surface area contributed by atoms with E-state index < -0.39 is 5.97 Å². The van der Waals surface area contributed by atoms with Gasteiger partial charge < -0.3 is 15.2 Å². The number of hydrogen-bond donors (Lipinski definition) is 2. The molecule has 0 aromatic heterocycles. The molecule has 2 N–H and O–H groups in total. The molecule has 0 heterocycles. The maximum Gasteiger partial charge on any atom is 0.335 e. The van der Waals surface area contributed by atoms with Crippen molar-refractivity contribution < 1.29 is 19.4 Å². The maximum absolute atomic E-state index is 12.2. The van der Waals surface area contributed by atoms with Gasteiger partial charge in [0.1, 0.15) is 5.75 Å². The van der Waals surface area contributed by atoms with Crippen LogP contribution in [0.15, 0.2) is 48.5 Å². The average Bonchev–Trinajstić information content (AvgIpc) is 2.59. The summed E-state index contributed by atoms with van der Waals surface area (Å²) in [5.74, 6) is -0.143. The van der Waals surface area contributed by atoms with Crippen LogP contribution < -0.4 is 10.1 Å². The zero-order valence-corrected chi connectivity index (χ0v) is 14.5. The lowest BCUT2D eigenvalue weighted by molar-refractivity contribution is -0.116. The van der Waals surface area contributed by atoms with Gasteiger partial charge in [-0.25, -0.2) is 4.79 Å². The molecule has 0 fully saturated rings. The van der Waals surface area contributed by atoms with E-state index in [-0.39, 0.29) is 17.9 Å². The second-order valence-corrected chi connectivity index (χ2v) is 6.21. The number of anilines is 1. The minimum atomic E-state index is -0.983. The number of para-hydroxylation sites is 2. The summed E-state index contributed by atoms with van der Waals surface area (Å²) in [6.07, 6.45) is 0.562. The van der Waals surface area contributed by atoms with Gasteiger partial charge in [-0.3, -0.25) is 4.79 Å². The van der Waals surface area contributed by atoms with Gasteiger partial charge in [0.05, 0.1) is 17.9 Å². The number of amides is 1. The molecule has 1 amide bonds. The third-order valence-electron chi connectivity index (χ3n) is 3.60. The van der Waals surface area contributed by atoms with Crippen LogP contribution in [-0.4, -0.2) is 23.6 Å². The van der Waals surface area contributed by atoms with E-state index in [1.54, 1.807) is 30.3 Å². The summed E-state index contributed by atoms with van der Waals surface area (Å²) in [6, 6.07) is 14.0. The van der Waals surface area contributed by atoms with Gasteiger partial charge in [0.15, 0.2) is 0 Å². The normalized spacial score (nSPS) is 10.5. The lowest BCUT2D eigenvalue weighted by Crippen LogP contribution is -2.15. The van der Waals surface area contributed by atoms with E-state index in [2.05, 4.69) is 19.2 Å². The van der Waals surface area contributed by atoms with Gasteiger partial charge in [-0.1, -0.05) is 44.2 Å². The van der Waals surface area contributed by atoms with E-state index in [1.807, 2.05) is 18.2 Å². The number of aromatic carboxylic acids is 1. The number of carboxylic acids is 1. The molecular formula is C20H23NO4. The van der Waals surface area contributed by atoms with Crippen molar-refractivity contribution in [1.82, 2.24) is 0 Å². The predicted molar refractivity (Wildman–Crippen MR) is 97.1 cm³/mol. The van der Waals surface area contributed by atoms with Gasteiger partial charge in [0.25, 0.3) is 0 Å². The first-order valence-corrected chi connectivity index (χ1v) is 8.30. The second-order valence-electron chi connectivity index (χ2n) is 6.21. The summed E-state index contributed by atoms with van der Waals surface area (Å²) in [5, 5.41) is 12.0. The quantitative estimate of drug-likeness (QED) is 0.761. The summed E-state index contributed by atoms with van der Waals surface area (Å²) in [7, 11) is 0. The Morgan fingerprint density at radius 3 is 2.48 bits per heavy atom. The number of carbonyl (C=O) groups is 2. The summed E-state index contributed by atoms with van der Waals surface area (Å²) < 4.78 is 5.72. The monoisotopic (exact) mass is 341 g/mol. The Balaban J connectivity index is 1.98. The summed E-state index contributed by atoms with van der Waals surface area (Å²) in [6.45, 7) is 4.68. The zero-order chi connectivity index (χ0) is 18.2. The lowest BCUT2D eigenvalue weighted by Gasteiger charge is -2.14. The average molecular weight is 341 g/mol. The molecule has 0 radical (unpaired) electrons. The first-order chi connectivity index (χ1) is 12.0. The molecule has 0 aliphatic rings. The number of carboxylic acid groups (broad SMARTS) is 1. The van der Waals surface area contributed by atoms with Crippen LogP contribution in [0.25, 0.3) is 0 Å². The standard InChI is InChI=1S/C20H23NO4/c1-14(2)13-25-18-10-6-5-9-17(18)21-19(22)12-11-15-7-3-4-8-16(15)20(23)24/h3-10,14H,11-13H2,1-2H3,(H,21,22)(H,23,24). The summed E-state index contributed by atoms with van der Waals surface area (Å²) in [4.78, 5) is 23.5. The molecule has 0 unspecified atom stereocenters. The van der Waals surface area contributed by atoms with Crippen LogP contribution in [0.2, 0.25) is 0 Å². The van der Waals surface area contributed by atoms with Crippen LogP contribution in [0.5, 0.6) is 5.75 Å². The van der Waals surface area contributed by atoms with Gasteiger partial charge in [-0.2, -0.15) is 0 Å². The Hall–Kier alpha value is -2.82. The fourth-order valence-corrected chi connectivity index (χ4v) is 2.36. The molecule has 5 nitrogen and oxygen atoms in total. The molecule has 0 saturated heterocycles. The van der Waals surface area contributed by atoms with Gasteiger partial charge in [-0.05, 0) is 36.1 Å². The molecule has 2 aromatic carbocycles. The molecule has 5 heteroatoms. The van der Waals surface area contributed by atoms with Crippen LogP contribution in [0.1, 0.15) is 36.2 Å². The molecular weight excluding hydrogens is 318 g/mol. The Kier molecular flexibility index (Phi) is 6.57. The maximum atomic E-state index is 12.2. The lowest BCUT2D eigenvalue weighted by atomic mass is 10.0. The third-order valence-corrected chi connectivity index (χ3v) is 3.60. The number of benzene rings is 2. The van der Waals surface area contributed by atoms with Crippen molar-refractivity contribution in [3.63, 3.8) is 0 Å². The molecule has 2 aromatic rings. The van der Waals surface area contributed by atoms with Crippen molar-refractivity contribution in [2.24, 2.45) is 5.92 Å². The SMILES string of the molecule is CC(C)COc1ccccc1NC(=O)CCc1ccccc1C(=O)O. The Bertz CT molecular complexity index is 740. The van der Waals surface area contributed by atoms with Crippen molar-refractivity contribution in [3.8, 4) is 5.75 Å². The molecule has 0 bridgehead atoms. The highest BCUT2D eigenvalue weighted by Gasteiger charge is 2.12. The Morgan fingerprint density at radius 1 is 1.08 bits per heavy atom. The molecule has 0 aliphatic carbocycles. The molecule has 0 spiro atoms. The molecule has 0 atom stereocenters. The number of ether oxygens (including phenoxy) is 1. The third kappa shape index (κ3) is 5.64. The van der Waals surface area contributed by atoms with Crippen LogP contribution in [0.4, 0.5) is 5.69 Å². The molecule has 25 heavy (non-hydrogen) atoms. The van der Waals surface area contributed by atoms with Gasteiger partial charge in [0, 0.05) is 6.42 Å². The Morgan fingerprint density at radius 2 is 1.76 bits per heavy atom. The van der Waals surface area contributed by atoms with Gasteiger partial charge in [0.2, 0.25) is 5.91 Å². The fraction of sp³-hybridized carbons (Fsp3) is 0.300. The van der Waals surface area contributed by atoms with Crippen LogP contribution in [0.3, 0.4) is 0 Å². The zero-order valence-electron chi connectivity index (χ0n) is 14.5. The van der Waals surface area contributed by atoms with Crippen molar-refractivity contribution >= 4 is 17.6 Å². The first kappa shape index (κ1) is 18.5. The van der Waals surface area contributed by atoms with Gasteiger partial charge >= 0.3 is 5.97 Å². The highest BCUT2D eigenvalue weighted by molar-refractivity contribution is 5.93. The minimum absolute atomic E-state index is 0.180. The molecule has 0 saturated carbocycles. The molecule has 2 rings (SSSR count). The van der Waals surface area contributed by atoms with Crippen LogP contribution in [-0.2, 0) is 11.2 Å². The molecule has 132 valence electrons. The van der Waals surface area contributed by atoms with Gasteiger partial charge in [-0.15, -0.1) is 0 Å². The largest absolute Gasteiger partial charge is 0.491 e. The smallest absolute Gasteiger partial charge is 0.335 e. The summed E-state index contributed by atoms with van der Waals surface area (Å²) >= 11 is 0. The van der Waals surface area contributed by atoms with Crippen LogP contribution >= 0.6 is 0 Å². The second kappa shape index (κ2) is 8.87. The van der Waals surface area contributed by atoms with Crippen molar-refractivity contribution in [2.75, 3.05) is 11.9 Å². The highest BCUT2D eigenvalue weighted by Crippen LogP contribution is 2.24. The van der Waals surface area contributed by atoms with Crippen molar-refractivity contribution in [1.29, 1.82) is 0 Å². The minimum Gasteiger partial charge on any atom is -0.491 e.